The third-order valence-electron chi connectivity index (χ3n) is 4.73. The van der Waals surface area contributed by atoms with Gasteiger partial charge in [-0.3, -0.25) is 4.79 Å². The van der Waals surface area contributed by atoms with Gasteiger partial charge in [-0.25, -0.2) is 4.79 Å². The molecule has 2 aromatic rings. The van der Waals surface area contributed by atoms with Crippen LogP contribution in [0.2, 0.25) is 0 Å². The molecule has 32 heavy (non-hydrogen) atoms. The van der Waals surface area contributed by atoms with E-state index >= 15 is 0 Å². The molecule has 0 fully saturated rings. The lowest BCUT2D eigenvalue weighted by molar-refractivity contribution is -0.142. The average molecular weight is 506 g/mol. The first kappa shape index (κ1) is 25.7. The molecule has 0 saturated carbocycles. The maximum absolute atomic E-state index is 12.7. The summed E-state index contributed by atoms with van der Waals surface area (Å²) in [6.07, 6.45) is -0.219. The van der Waals surface area contributed by atoms with Gasteiger partial charge in [0.05, 0.1) is 20.1 Å². The van der Waals surface area contributed by atoms with Crippen LogP contribution < -0.4 is 4.74 Å². The fraction of sp³-hybridized carbons (Fsp3) is 0.440. The number of carbonyl (C=O) groups excluding carboxylic acids is 2. The van der Waals surface area contributed by atoms with Crippen LogP contribution in [0.4, 0.5) is 4.79 Å². The molecular formula is C25H32BrNO5. The Balaban J connectivity index is 2.48. The molecule has 2 rings (SSSR count). The smallest absolute Gasteiger partial charge is 0.410 e. The summed E-state index contributed by atoms with van der Waals surface area (Å²) >= 11 is 3.68. The molecule has 0 N–H and O–H groups in total. The van der Waals surface area contributed by atoms with Crippen LogP contribution in [0, 0.1) is 0 Å². The minimum absolute atomic E-state index is 0.145. The van der Waals surface area contributed by atoms with Crippen LogP contribution in [0.5, 0.6) is 5.75 Å². The first-order chi connectivity index (χ1) is 15.1. The van der Waals surface area contributed by atoms with E-state index in [4.69, 9.17) is 14.2 Å². The summed E-state index contributed by atoms with van der Waals surface area (Å²) < 4.78 is 17.1. The van der Waals surface area contributed by atoms with Crippen LogP contribution in [0.15, 0.2) is 40.9 Å². The van der Waals surface area contributed by atoms with Gasteiger partial charge in [-0.1, -0.05) is 30.3 Å². The first-order valence-corrected chi connectivity index (χ1v) is 11.5. The summed E-state index contributed by atoms with van der Waals surface area (Å²) in [7, 11) is 1.61. The number of rotatable bonds is 8. The number of nitrogens with zero attached hydrogens (tertiary/aromatic N) is 1. The van der Waals surface area contributed by atoms with Crippen molar-refractivity contribution in [2.75, 3.05) is 20.3 Å². The van der Waals surface area contributed by atoms with Gasteiger partial charge in [0.15, 0.2) is 0 Å². The maximum Gasteiger partial charge on any atom is 0.410 e. The zero-order valence-corrected chi connectivity index (χ0v) is 21.2. The van der Waals surface area contributed by atoms with E-state index in [1.807, 2.05) is 64.1 Å². The highest BCUT2D eigenvalue weighted by molar-refractivity contribution is 9.10. The van der Waals surface area contributed by atoms with Crippen molar-refractivity contribution in [3.05, 3.63) is 52.0 Å². The maximum atomic E-state index is 12.7. The van der Waals surface area contributed by atoms with Crippen molar-refractivity contribution in [2.45, 2.75) is 53.2 Å². The van der Waals surface area contributed by atoms with Gasteiger partial charge < -0.3 is 19.1 Å². The number of hydrogen-bond acceptors (Lipinski definition) is 5. The SMILES string of the molecule is CCOC(=O)Cc1ccc(OC)c(-c2ccccc2CN(CC)C(=O)OC(C)(C)C)c1Br. The van der Waals surface area contributed by atoms with Crippen molar-refractivity contribution in [1.29, 1.82) is 0 Å². The molecule has 6 nitrogen and oxygen atoms in total. The van der Waals surface area contributed by atoms with Gasteiger partial charge in [0.1, 0.15) is 11.4 Å². The van der Waals surface area contributed by atoms with Crippen molar-refractivity contribution in [1.82, 2.24) is 4.90 Å². The molecule has 0 spiro atoms. The molecule has 0 heterocycles. The number of esters is 1. The molecule has 1 amide bonds. The predicted octanol–water partition coefficient (Wildman–Crippen LogP) is 5.99. The van der Waals surface area contributed by atoms with Crippen LogP contribution in [-0.2, 0) is 27.2 Å². The molecule has 7 heteroatoms. The molecule has 0 aliphatic rings. The number of carbonyl (C=O) groups is 2. The van der Waals surface area contributed by atoms with E-state index in [2.05, 4.69) is 15.9 Å². The second kappa shape index (κ2) is 11.4. The van der Waals surface area contributed by atoms with E-state index in [1.54, 1.807) is 18.9 Å². The molecule has 0 aliphatic carbocycles. The lowest BCUT2D eigenvalue weighted by Crippen LogP contribution is -2.36. The standard InChI is InChI=1S/C25H32BrNO5/c1-7-27(24(29)32-25(3,4)5)16-18-11-9-10-12-19(18)22-20(30-6)14-13-17(23(22)26)15-21(28)31-8-2/h9-14H,7-8,15-16H2,1-6H3. The summed E-state index contributed by atoms with van der Waals surface area (Å²) in [4.78, 5) is 26.4. The normalized spacial score (nSPS) is 11.1. The average Bonchev–Trinajstić information content (AvgIpc) is 2.72. The highest BCUT2D eigenvalue weighted by atomic mass is 79.9. The van der Waals surface area contributed by atoms with Crippen molar-refractivity contribution in [2.24, 2.45) is 0 Å². The largest absolute Gasteiger partial charge is 0.496 e. The van der Waals surface area contributed by atoms with Crippen molar-refractivity contribution in [3.63, 3.8) is 0 Å². The Morgan fingerprint density at radius 2 is 1.72 bits per heavy atom. The first-order valence-electron chi connectivity index (χ1n) is 10.7. The highest BCUT2D eigenvalue weighted by Gasteiger charge is 2.24. The van der Waals surface area contributed by atoms with E-state index in [-0.39, 0.29) is 18.5 Å². The number of methoxy groups -OCH3 is 1. The number of hydrogen-bond donors (Lipinski definition) is 0. The Labute approximate surface area is 199 Å². The molecule has 0 atom stereocenters. The van der Waals surface area contributed by atoms with Gasteiger partial charge >= 0.3 is 12.1 Å². The van der Waals surface area contributed by atoms with E-state index in [9.17, 15) is 9.59 Å². The van der Waals surface area contributed by atoms with E-state index < -0.39 is 5.60 Å². The lowest BCUT2D eigenvalue weighted by atomic mass is 9.96. The Kier molecular flexibility index (Phi) is 9.13. The number of benzene rings is 2. The monoisotopic (exact) mass is 505 g/mol. The second-order valence-corrected chi connectivity index (χ2v) is 9.04. The fourth-order valence-corrected chi connectivity index (χ4v) is 3.95. The van der Waals surface area contributed by atoms with Gasteiger partial charge in [0.2, 0.25) is 0 Å². The zero-order chi connectivity index (χ0) is 23.9. The number of ether oxygens (including phenoxy) is 3. The molecular weight excluding hydrogens is 474 g/mol. The summed E-state index contributed by atoms with van der Waals surface area (Å²) in [6, 6.07) is 11.5. The quantitative estimate of drug-likeness (QED) is 0.412. The molecule has 174 valence electrons. The third-order valence-corrected chi connectivity index (χ3v) is 5.63. The van der Waals surface area contributed by atoms with Gasteiger partial charge in [0.25, 0.3) is 0 Å². The Morgan fingerprint density at radius 3 is 2.31 bits per heavy atom. The minimum Gasteiger partial charge on any atom is -0.496 e. The van der Waals surface area contributed by atoms with Gasteiger partial charge in [-0.05, 0) is 73.3 Å². The van der Waals surface area contributed by atoms with Crippen molar-refractivity contribution < 1.29 is 23.8 Å². The lowest BCUT2D eigenvalue weighted by Gasteiger charge is -2.27. The van der Waals surface area contributed by atoms with Crippen LogP contribution in [0.1, 0.15) is 45.7 Å². The second-order valence-electron chi connectivity index (χ2n) is 8.25. The van der Waals surface area contributed by atoms with Crippen LogP contribution in [0.25, 0.3) is 11.1 Å². The molecule has 0 radical (unpaired) electrons. The Hall–Kier alpha value is -2.54. The third kappa shape index (κ3) is 6.73. The van der Waals surface area contributed by atoms with Crippen molar-refractivity contribution >= 4 is 28.0 Å². The van der Waals surface area contributed by atoms with Gasteiger partial charge in [-0.15, -0.1) is 0 Å². The minimum atomic E-state index is -0.572. The summed E-state index contributed by atoms with van der Waals surface area (Å²) in [6.45, 7) is 10.5. The molecule has 2 aromatic carbocycles. The Morgan fingerprint density at radius 1 is 1.03 bits per heavy atom. The zero-order valence-electron chi connectivity index (χ0n) is 19.7. The topological polar surface area (TPSA) is 65.1 Å². The van der Waals surface area contributed by atoms with E-state index in [1.165, 1.54) is 0 Å². The van der Waals surface area contributed by atoms with Crippen LogP contribution >= 0.6 is 15.9 Å². The van der Waals surface area contributed by atoms with Crippen LogP contribution in [0.3, 0.4) is 0 Å². The summed E-state index contributed by atoms with van der Waals surface area (Å²) in [5.74, 6) is 0.372. The molecule has 0 saturated heterocycles. The summed E-state index contributed by atoms with van der Waals surface area (Å²) in [5.41, 5.74) is 2.90. The fourth-order valence-electron chi connectivity index (χ4n) is 3.27. The summed E-state index contributed by atoms with van der Waals surface area (Å²) in [5, 5.41) is 0. The van der Waals surface area contributed by atoms with Crippen molar-refractivity contribution in [3.8, 4) is 16.9 Å². The van der Waals surface area contributed by atoms with Crippen LogP contribution in [-0.4, -0.2) is 42.8 Å². The molecule has 0 aliphatic heterocycles. The van der Waals surface area contributed by atoms with Gasteiger partial charge in [-0.2, -0.15) is 0 Å². The molecule has 0 bridgehead atoms. The highest BCUT2D eigenvalue weighted by Crippen LogP contribution is 2.41. The number of amides is 1. The molecule has 0 unspecified atom stereocenters. The number of halogens is 1. The predicted molar refractivity (Wildman–Crippen MR) is 129 cm³/mol. The van der Waals surface area contributed by atoms with E-state index in [0.717, 1.165) is 26.7 Å². The van der Waals surface area contributed by atoms with E-state index in [0.29, 0.717) is 25.4 Å². The molecule has 0 aromatic heterocycles. The van der Waals surface area contributed by atoms with Gasteiger partial charge in [0, 0.05) is 23.1 Å². The Bertz CT molecular complexity index is 952.